The summed E-state index contributed by atoms with van der Waals surface area (Å²) >= 11 is 0. The molecule has 19 heavy (non-hydrogen) atoms. The summed E-state index contributed by atoms with van der Waals surface area (Å²) in [5.41, 5.74) is 2.14. The third kappa shape index (κ3) is 4.88. The van der Waals surface area contributed by atoms with Crippen LogP contribution in [0.3, 0.4) is 0 Å². The summed E-state index contributed by atoms with van der Waals surface area (Å²) in [6.45, 7) is 6.96. The molecule has 1 aromatic rings. The van der Waals surface area contributed by atoms with Crippen molar-refractivity contribution in [3.05, 3.63) is 23.3 Å². The van der Waals surface area contributed by atoms with Crippen molar-refractivity contribution in [2.75, 3.05) is 13.2 Å². The fourth-order valence-corrected chi connectivity index (χ4v) is 2.45. The number of hydrogen-bond acceptors (Lipinski definition) is 4. The van der Waals surface area contributed by atoms with Crippen molar-refractivity contribution in [3.8, 4) is 0 Å². The van der Waals surface area contributed by atoms with E-state index in [1.807, 2.05) is 6.92 Å². The van der Waals surface area contributed by atoms with Crippen LogP contribution in [0.25, 0.3) is 0 Å². The van der Waals surface area contributed by atoms with Crippen molar-refractivity contribution in [3.63, 3.8) is 0 Å². The molecule has 0 bridgehead atoms. The van der Waals surface area contributed by atoms with Crippen molar-refractivity contribution < 1.29 is 4.74 Å². The molecule has 1 aliphatic rings. The molecule has 0 amide bonds. The molecule has 1 atom stereocenters. The average molecular weight is 263 g/mol. The zero-order valence-electron chi connectivity index (χ0n) is 12.1. The zero-order chi connectivity index (χ0) is 13.5. The van der Waals surface area contributed by atoms with Crippen molar-refractivity contribution in [2.24, 2.45) is 0 Å². The van der Waals surface area contributed by atoms with Gasteiger partial charge in [-0.25, -0.2) is 9.97 Å². The molecule has 1 aliphatic heterocycles. The van der Waals surface area contributed by atoms with Crippen LogP contribution in [0.4, 0.5) is 0 Å². The maximum absolute atomic E-state index is 5.76. The average Bonchev–Trinajstić information content (AvgIpc) is 2.39. The topological polar surface area (TPSA) is 47.0 Å². The monoisotopic (exact) mass is 263 g/mol. The Bertz CT molecular complexity index is 389. The van der Waals surface area contributed by atoms with E-state index in [0.717, 1.165) is 56.2 Å². The van der Waals surface area contributed by atoms with Crippen LogP contribution in [0.2, 0.25) is 0 Å². The van der Waals surface area contributed by atoms with Crippen molar-refractivity contribution in [1.82, 2.24) is 15.3 Å². The summed E-state index contributed by atoms with van der Waals surface area (Å²) < 4.78 is 5.76. The van der Waals surface area contributed by atoms with Crippen LogP contribution < -0.4 is 5.32 Å². The lowest BCUT2D eigenvalue weighted by Crippen LogP contribution is -2.23. The number of hydrogen-bond donors (Lipinski definition) is 1. The molecule has 1 aromatic heterocycles. The lowest BCUT2D eigenvalue weighted by atomic mass is 10.1. The van der Waals surface area contributed by atoms with Crippen LogP contribution in [0.15, 0.2) is 6.07 Å². The number of rotatable bonds is 6. The fourth-order valence-electron chi connectivity index (χ4n) is 2.45. The second-order valence-corrected chi connectivity index (χ2v) is 5.29. The summed E-state index contributed by atoms with van der Waals surface area (Å²) in [6.07, 6.45) is 5.90. The first-order valence-electron chi connectivity index (χ1n) is 7.43. The van der Waals surface area contributed by atoms with Gasteiger partial charge in [-0.2, -0.15) is 0 Å². The van der Waals surface area contributed by atoms with Gasteiger partial charge in [-0.3, -0.25) is 0 Å². The Balaban J connectivity index is 1.95. The van der Waals surface area contributed by atoms with E-state index in [4.69, 9.17) is 4.74 Å². The van der Waals surface area contributed by atoms with Crippen LogP contribution in [-0.4, -0.2) is 29.2 Å². The van der Waals surface area contributed by atoms with Crippen LogP contribution in [-0.2, 0) is 17.7 Å². The fraction of sp³-hybridized carbons (Fsp3) is 0.733. The van der Waals surface area contributed by atoms with Gasteiger partial charge in [0.05, 0.1) is 11.8 Å². The first-order valence-corrected chi connectivity index (χ1v) is 7.43. The number of ether oxygens (including phenoxy) is 1. The van der Waals surface area contributed by atoms with Gasteiger partial charge < -0.3 is 10.1 Å². The highest BCUT2D eigenvalue weighted by atomic mass is 16.5. The van der Waals surface area contributed by atoms with Crippen molar-refractivity contribution in [2.45, 2.75) is 58.6 Å². The Morgan fingerprint density at radius 3 is 3.00 bits per heavy atom. The molecule has 0 spiro atoms. The minimum Gasteiger partial charge on any atom is -0.378 e. The summed E-state index contributed by atoms with van der Waals surface area (Å²) in [4.78, 5) is 9.18. The van der Waals surface area contributed by atoms with Gasteiger partial charge in [-0.15, -0.1) is 0 Å². The van der Waals surface area contributed by atoms with Crippen molar-refractivity contribution >= 4 is 0 Å². The van der Waals surface area contributed by atoms with Crippen LogP contribution in [0.5, 0.6) is 0 Å². The molecule has 1 fully saturated rings. The molecule has 2 heterocycles. The van der Waals surface area contributed by atoms with E-state index in [9.17, 15) is 0 Å². The molecule has 1 saturated heterocycles. The van der Waals surface area contributed by atoms with Gasteiger partial charge in [0.1, 0.15) is 5.82 Å². The van der Waals surface area contributed by atoms with E-state index < -0.39 is 0 Å². The quantitative estimate of drug-likeness (QED) is 0.801. The maximum atomic E-state index is 5.76. The van der Waals surface area contributed by atoms with Crippen LogP contribution in [0, 0.1) is 6.92 Å². The zero-order valence-corrected chi connectivity index (χ0v) is 12.1. The highest BCUT2D eigenvalue weighted by Gasteiger charge is 2.16. The highest BCUT2D eigenvalue weighted by Crippen LogP contribution is 2.16. The molecule has 0 aromatic carbocycles. The number of aromatic nitrogens is 2. The molecular formula is C15H25N3O. The lowest BCUT2D eigenvalue weighted by molar-refractivity contribution is 0.0156. The van der Waals surface area contributed by atoms with E-state index >= 15 is 0 Å². The standard InChI is InChI=1S/C15H25N3O/c1-3-7-16-11-13-9-12(2)17-15(18-13)10-14-6-4-5-8-19-14/h9,14,16H,3-8,10-11H2,1-2H3. The minimum atomic E-state index is 0.312. The second kappa shape index (κ2) is 7.56. The Hall–Kier alpha value is -1.00. The number of nitrogens with zero attached hydrogens (tertiary/aromatic N) is 2. The Labute approximate surface area is 116 Å². The van der Waals surface area contributed by atoms with Gasteiger partial charge in [0, 0.05) is 25.3 Å². The third-order valence-electron chi connectivity index (χ3n) is 3.37. The molecule has 4 nitrogen and oxygen atoms in total. The SMILES string of the molecule is CCCNCc1cc(C)nc(CC2CCCCO2)n1. The molecule has 1 N–H and O–H groups in total. The second-order valence-electron chi connectivity index (χ2n) is 5.29. The molecular weight excluding hydrogens is 238 g/mol. The van der Waals surface area contributed by atoms with Crippen LogP contribution in [0.1, 0.15) is 49.8 Å². The third-order valence-corrected chi connectivity index (χ3v) is 3.37. The number of aryl methyl sites for hydroxylation is 1. The maximum Gasteiger partial charge on any atom is 0.131 e. The molecule has 0 radical (unpaired) electrons. The summed E-state index contributed by atoms with van der Waals surface area (Å²) in [7, 11) is 0. The van der Waals surface area contributed by atoms with E-state index in [1.54, 1.807) is 0 Å². The van der Waals surface area contributed by atoms with E-state index in [2.05, 4.69) is 28.3 Å². The molecule has 106 valence electrons. The largest absolute Gasteiger partial charge is 0.378 e. The van der Waals surface area contributed by atoms with Crippen LogP contribution >= 0.6 is 0 Å². The predicted octanol–water partition coefficient (Wildman–Crippen LogP) is 2.40. The first kappa shape index (κ1) is 14.4. The molecule has 2 rings (SSSR count). The molecule has 4 heteroatoms. The summed E-state index contributed by atoms with van der Waals surface area (Å²) in [5, 5.41) is 3.39. The highest BCUT2D eigenvalue weighted by molar-refractivity contribution is 5.10. The molecule has 0 saturated carbocycles. The Kier molecular flexibility index (Phi) is 5.73. The van der Waals surface area contributed by atoms with Gasteiger partial charge in [-0.05, 0) is 45.2 Å². The van der Waals surface area contributed by atoms with Gasteiger partial charge in [0.2, 0.25) is 0 Å². The van der Waals surface area contributed by atoms with Gasteiger partial charge in [0.25, 0.3) is 0 Å². The van der Waals surface area contributed by atoms with E-state index in [-0.39, 0.29) is 0 Å². The normalized spacial score (nSPS) is 19.6. The Morgan fingerprint density at radius 2 is 2.26 bits per heavy atom. The lowest BCUT2D eigenvalue weighted by Gasteiger charge is -2.22. The summed E-state index contributed by atoms with van der Waals surface area (Å²) in [5.74, 6) is 0.931. The van der Waals surface area contributed by atoms with Gasteiger partial charge in [0.15, 0.2) is 0 Å². The van der Waals surface area contributed by atoms with E-state index in [1.165, 1.54) is 12.8 Å². The predicted molar refractivity (Wildman–Crippen MR) is 76.1 cm³/mol. The van der Waals surface area contributed by atoms with Gasteiger partial charge >= 0.3 is 0 Å². The molecule has 1 unspecified atom stereocenters. The first-order chi connectivity index (χ1) is 9.28. The smallest absolute Gasteiger partial charge is 0.131 e. The summed E-state index contributed by atoms with van der Waals surface area (Å²) in [6, 6.07) is 2.06. The molecule has 0 aliphatic carbocycles. The minimum absolute atomic E-state index is 0.312. The van der Waals surface area contributed by atoms with E-state index in [0.29, 0.717) is 6.10 Å². The van der Waals surface area contributed by atoms with Gasteiger partial charge in [-0.1, -0.05) is 6.92 Å². The number of nitrogens with one attached hydrogen (secondary N) is 1. The van der Waals surface area contributed by atoms with Crippen molar-refractivity contribution in [1.29, 1.82) is 0 Å². The Morgan fingerprint density at radius 1 is 1.37 bits per heavy atom.